The average Bonchev–Trinajstić information content (AvgIpc) is 2.52. The molecule has 2 rings (SSSR count). The van der Waals surface area contributed by atoms with Crippen molar-refractivity contribution in [2.45, 2.75) is 19.9 Å². The SMILES string of the molecule is CCCNc1cnnc(NCc2ccc(OC)cc2)n1. The standard InChI is InChI=1S/C14H19N5O/c1-3-8-15-13-10-17-19-14(18-13)16-9-11-4-6-12(20-2)7-5-11/h4-7,10H,3,8-9H2,1-2H3,(H2,15,16,18,19). The van der Waals surface area contributed by atoms with E-state index in [-0.39, 0.29) is 0 Å². The van der Waals surface area contributed by atoms with Crippen LogP contribution in [0.5, 0.6) is 5.75 Å². The lowest BCUT2D eigenvalue weighted by atomic mass is 10.2. The van der Waals surface area contributed by atoms with Gasteiger partial charge in [0.25, 0.3) is 0 Å². The van der Waals surface area contributed by atoms with Crippen LogP contribution in [0.4, 0.5) is 11.8 Å². The van der Waals surface area contributed by atoms with Gasteiger partial charge in [0.05, 0.1) is 13.3 Å². The molecule has 2 N–H and O–H groups in total. The van der Waals surface area contributed by atoms with E-state index < -0.39 is 0 Å². The van der Waals surface area contributed by atoms with Crippen LogP contribution in [0.15, 0.2) is 30.5 Å². The fourth-order valence-corrected chi connectivity index (χ4v) is 1.64. The molecule has 1 aromatic carbocycles. The van der Waals surface area contributed by atoms with Crippen molar-refractivity contribution in [2.75, 3.05) is 24.3 Å². The summed E-state index contributed by atoms with van der Waals surface area (Å²) < 4.78 is 5.12. The Morgan fingerprint density at radius 3 is 2.65 bits per heavy atom. The lowest BCUT2D eigenvalue weighted by Gasteiger charge is -2.07. The maximum absolute atomic E-state index is 5.12. The Kier molecular flexibility index (Phi) is 5.11. The maximum atomic E-state index is 5.12. The summed E-state index contributed by atoms with van der Waals surface area (Å²) in [6.07, 6.45) is 2.66. The zero-order valence-corrected chi connectivity index (χ0v) is 11.8. The average molecular weight is 273 g/mol. The van der Waals surface area contributed by atoms with E-state index in [1.165, 1.54) is 0 Å². The maximum Gasteiger partial charge on any atom is 0.244 e. The summed E-state index contributed by atoms with van der Waals surface area (Å²) in [6, 6.07) is 7.85. The highest BCUT2D eigenvalue weighted by atomic mass is 16.5. The van der Waals surface area contributed by atoms with E-state index >= 15 is 0 Å². The fraction of sp³-hybridized carbons (Fsp3) is 0.357. The van der Waals surface area contributed by atoms with Gasteiger partial charge >= 0.3 is 0 Å². The van der Waals surface area contributed by atoms with Gasteiger partial charge in [0.1, 0.15) is 11.6 Å². The summed E-state index contributed by atoms with van der Waals surface area (Å²) >= 11 is 0. The summed E-state index contributed by atoms with van der Waals surface area (Å²) in [4.78, 5) is 4.34. The lowest BCUT2D eigenvalue weighted by Crippen LogP contribution is -2.08. The molecule has 1 aromatic heterocycles. The number of aromatic nitrogens is 3. The smallest absolute Gasteiger partial charge is 0.244 e. The minimum atomic E-state index is 0.516. The van der Waals surface area contributed by atoms with E-state index in [0.717, 1.165) is 30.1 Å². The van der Waals surface area contributed by atoms with Crippen molar-refractivity contribution < 1.29 is 4.74 Å². The second-order valence-corrected chi connectivity index (χ2v) is 4.29. The Morgan fingerprint density at radius 2 is 1.95 bits per heavy atom. The van der Waals surface area contributed by atoms with Crippen molar-refractivity contribution in [1.82, 2.24) is 15.2 Å². The van der Waals surface area contributed by atoms with E-state index in [4.69, 9.17) is 4.74 Å². The fourth-order valence-electron chi connectivity index (χ4n) is 1.64. The number of hydrogen-bond acceptors (Lipinski definition) is 6. The Balaban J connectivity index is 1.92. The highest BCUT2D eigenvalue weighted by Crippen LogP contribution is 2.12. The summed E-state index contributed by atoms with van der Waals surface area (Å²) in [5.74, 6) is 2.10. The molecule has 0 aliphatic rings. The molecule has 0 spiro atoms. The normalized spacial score (nSPS) is 10.1. The first-order valence-electron chi connectivity index (χ1n) is 6.62. The van der Waals surface area contributed by atoms with Gasteiger partial charge in [-0.3, -0.25) is 0 Å². The Bertz CT molecular complexity index is 529. The van der Waals surface area contributed by atoms with E-state index in [1.807, 2.05) is 24.3 Å². The zero-order valence-electron chi connectivity index (χ0n) is 11.8. The molecule has 0 saturated carbocycles. The van der Waals surface area contributed by atoms with Gasteiger partial charge in [-0.15, -0.1) is 5.10 Å². The molecule has 0 unspecified atom stereocenters. The number of methoxy groups -OCH3 is 1. The Morgan fingerprint density at radius 1 is 1.15 bits per heavy atom. The number of rotatable bonds is 7. The van der Waals surface area contributed by atoms with Crippen molar-refractivity contribution in [2.24, 2.45) is 0 Å². The molecular weight excluding hydrogens is 254 g/mol. The van der Waals surface area contributed by atoms with Gasteiger partial charge in [0, 0.05) is 13.1 Å². The Labute approximate surface area is 118 Å². The van der Waals surface area contributed by atoms with Gasteiger partial charge in [-0.05, 0) is 24.1 Å². The molecule has 0 aliphatic heterocycles. The first kappa shape index (κ1) is 14.0. The van der Waals surface area contributed by atoms with Crippen LogP contribution in [0, 0.1) is 0 Å². The molecular formula is C14H19N5O. The molecule has 1 heterocycles. The highest BCUT2D eigenvalue weighted by molar-refractivity contribution is 5.37. The summed E-state index contributed by atoms with van der Waals surface area (Å²) in [6.45, 7) is 3.62. The summed E-state index contributed by atoms with van der Waals surface area (Å²) in [5.41, 5.74) is 1.13. The molecule has 2 aromatic rings. The van der Waals surface area contributed by atoms with Crippen LogP contribution in [0.25, 0.3) is 0 Å². The number of anilines is 2. The first-order valence-corrected chi connectivity index (χ1v) is 6.62. The van der Waals surface area contributed by atoms with Gasteiger partial charge in [0.2, 0.25) is 5.95 Å². The minimum absolute atomic E-state index is 0.516. The molecule has 20 heavy (non-hydrogen) atoms. The molecule has 6 nitrogen and oxygen atoms in total. The van der Waals surface area contributed by atoms with Gasteiger partial charge in [-0.25, -0.2) is 0 Å². The second-order valence-electron chi connectivity index (χ2n) is 4.29. The van der Waals surface area contributed by atoms with Crippen LogP contribution in [0.3, 0.4) is 0 Å². The molecule has 0 saturated heterocycles. The third-order valence-electron chi connectivity index (χ3n) is 2.72. The minimum Gasteiger partial charge on any atom is -0.497 e. The van der Waals surface area contributed by atoms with Crippen LogP contribution in [0.1, 0.15) is 18.9 Å². The summed E-state index contributed by atoms with van der Waals surface area (Å²) in [5, 5.41) is 14.2. The van der Waals surface area contributed by atoms with Crippen LogP contribution in [-0.4, -0.2) is 28.8 Å². The first-order chi connectivity index (χ1) is 9.81. The number of benzene rings is 1. The zero-order chi connectivity index (χ0) is 14.2. The van der Waals surface area contributed by atoms with Crippen LogP contribution in [0.2, 0.25) is 0 Å². The van der Waals surface area contributed by atoms with E-state index in [9.17, 15) is 0 Å². The van der Waals surface area contributed by atoms with Gasteiger partial charge in [-0.2, -0.15) is 10.1 Å². The second kappa shape index (κ2) is 7.28. The molecule has 0 amide bonds. The molecule has 0 atom stereocenters. The van der Waals surface area contributed by atoms with Crippen molar-refractivity contribution >= 4 is 11.8 Å². The number of hydrogen-bond donors (Lipinski definition) is 2. The van der Waals surface area contributed by atoms with Crippen molar-refractivity contribution in [3.05, 3.63) is 36.0 Å². The molecule has 106 valence electrons. The number of ether oxygens (including phenoxy) is 1. The van der Waals surface area contributed by atoms with E-state index in [1.54, 1.807) is 13.3 Å². The molecule has 6 heteroatoms. The van der Waals surface area contributed by atoms with Crippen molar-refractivity contribution in [3.63, 3.8) is 0 Å². The predicted octanol–water partition coefficient (Wildman–Crippen LogP) is 2.31. The predicted molar refractivity (Wildman–Crippen MR) is 78.9 cm³/mol. The summed E-state index contributed by atoms with van der Waals surface area (Å²) in [7, 11) is 1.65. The van der Waals surface area contributed by atoms with E-state index in [2.05, 4.69) is 32.7 Å². The third-order valence-corrected chi connectivity index (χ3v) is 2.72. The number of nitrogens with zero attached hydrogens (tertiary/aromatic N) is 3. The Hall–Kier alpha value is -2.37. The quantitative estimate of drug-likeness (QED) is 0.806. The highest BCUT2D eigenvalue weighted by Gasteiger charge is 2.00. The van der Waals surface area contributed by atoms with Gasteiger partial charge in [-0.1, -0.05) is 19.1 Å². The topological polar surface area (TPSA) is 72.0 Å². The lowest BCUT2D eigenvalue weighted by molar-refractivity contribution is 0.414. The van der Waals surface area contributed by atoms with Crippen LogP contribution >= 0.6 is 0 Å². The van der Waals surface area contributed by atoms with E-state index in [0.29, 0.717) is 12.5 Å². The number of nitrogens with one attached hydrogen (secondary N) is 2. The molecule has 0 aliphatic carbocycles. The van der Waals surface area contributed by atoms with Gasteiger partial charge in [0.15, 0.2) is 0 Å². The van der Waals surface area contributed by atoms with Crippen molar-refractivity contribution in [1.29, 1.82) is 0 Å². The molecule has 0 bridgehead atoms. The largest absolute Gasteiger partial charge is 0.497 e. The molecule has 0 radical (unpaired) electrons. The third kappa shape index (κ3) is 4.08. The monoisotopic (exact) mass is 273 g/mol. The molecule has 0 fully saturated rings. The van der Waals surface area contributed by atoms with Crippen molar-refractivity contribution in [3.8, 4) is 5.75 Å². The van der Waals surface area contributed by atoms with Crippen LogP contribution in [-0.2, 0) is 6.54 Å². The van der Waals surface area contributed by atoms with Crippen LogP contribution < -0.4 is 15.4 Å². The van der Waals surface area contributed by atoms with Gasteiger partial charge < -0.3 is 15.4 Å².